The van der Waals surface area contributed by atoms with Crippen LogP contribution < -0.4 is 15.4 Å². The molecule has 1 unspecified atom stereocenters. The Labute approximate surface area is 168 Å². The largest absolute Gasteiger partial charge is 0.457 e. The first-order chi connectivity index (χ1) is 14.4. The second-order valence-corrected chi connectivity index (χ2v) is 7.15. The van der Waals surface area contributed by atoms with Crippen LogP contribution in [-0.2, 0) is 0 Å². The van der Waals surface area contributed by atoms with Crippen molar-refractivity contribution in [2.75, 3.05) is 18.4 Å². The molecule has 1 aliphatic rings. The van der Waals surface area contributed by atoms with Gasteiger partial charge >= 0.3 is 0 Å². The molecule has 7 heteroatoms. The third-order valence-electron chi connectivity index (χ3n) is 5.11. The van der Waals surface area contributed by atoms with Gasteiger partial charge in [-0.1, -0.05) is 18.2 Å². The molecule has 146 valence electrons. The average molecular weight is 386 g/mol. The molecule has 29 heavy (non-hydrogen) atoms. The summed E-state index contributed by atoms with van der Waals surface area (Å²) < 4.78 is 5.89. The molecule has 1 saturated heterocycles. The summed E-state index contributed by atoms with van der Waals surface area (Å²) >= 11 is 0. The second-order valence-electron chi connectivity index (χ2n) is 7.15. The third kappa shape index (κ3) is 3.77. The number of benzene rings is 2. The van der Waals surface area contributed by atoms with Gasteiger partial charge in [-0.3, -0.25) is 5.10 Å². The van der Waals surface area contributed by atoms with E-state index in [4.69, 9.17) is 4.74 Å². The fraction of sp³-hybridized carbons (Fsp3) is 0.227. The molecule has 2 aromatic carbocycles. The first kappa shape index (κ1) is 17.6. The number of piperidine rings is 1. The maximum atomic E-state index is 5.89. The molecule has 3 N–H and O–H groups in total. The van der Waals surface area contributed by atoms with Crippen molar-refractivity contribution in [2.45, 2.75) is 18.9 Å². The molecular weight excluding hydrogens is 364 g/mol. The van der Waals surface area contributed by atoms with Gasteiger partial charge in [0.25, 0.3) is 0 Å². The number of aromatic amines is 1. The van der Waals surface area contributed by atoms with Crippen LogP contribution in [0.3, 0.4) is 0 Å². The van der Waals surface area contributed by atoms with E-state index in [-0.39, 0.29) is 0 Å². The number of hydrogen-bond donors (Lipinski definition) is 3. The number of nitrogens with zero attached hydrogens (tertiary/aromatic N) is 3. The van der Waals surface area contributed by atoms with Crippen LogP contribution in [-0.4, -0.2) is 39.3 Å². The predicted octanol–water partition coefficient (Wildman–Crippen LogP) is 3.98. The molecule has 0 radical (unpaired) electrons. The molecule has 1 aliphatic heterocycles. The molecule has 0 spiro atoms. The molecule has 0 saturated carbocycles. The van der Waals surface area contributed by atoms with Gasteiger partial charge < -0.3 is 15.4 Å². The lowest BCUT2D eigenvalue weighted by Crippen LogP contribution is -2.38. The fourth-order valence-electron chi connectivity index (χ4n) is 3.66. The van der Waals surface area contributed by atoms with Crippen molar-refractivity contribution in [3.8, 4) is 22.8 Å². The van der Waals surface area contributed by atoms with Gasteiger partial charge in [-0.25, -0.2) is 9.97 Å². The van der Waals surface area contributed by atoms with Crippen molar-refractivity contribution in [1.82, 2.24) is 25.5 Å². The van der Waals surface area contributed by atoms with Crippen molar-refractivity contribution < 1.29 is 4.74 Å². The van der Waals surface area contributed by atoms with Gasteiger partial charge in [0.2, 0.25) is 0 Å². The zero-order valence-electron chi connectivity index (χ0n) is 15.9. The number of rotatable bonds is 5. The molecule has 5 rings (SSSR count). The summed E-state index contributed by atoms with van der Waals surface area (Å²) in [5.41, 5.74) is 2.57. The summed E-state index contributed by atoms with van der Waals surface area (Å²) in [5, 5.41) is 15.4. The Morgan fingerprint density at radius 3 is 2.59 bits per heavy atom. The van der Waals surface area contributed by atoms with Crippen molar-refractivity contribution >= 4 is 16.9 Å². The van der Waals surface area contributed by atoms with Crippen LogP contribution >= 0.6 is 0 Å². The molecule has 0 aliphatic carbocycles. The van der Waals surface area contributed by atoms with Crippen LogP contribution in [0.1, 0.15) is 12.8 Å². The number of fused-ring (bicyclic) bond motifs is 1. The summed E-state index contributed by atoms with van der Waals surface area (Å²) in [4.78, 5) is 8.82. The average Bonchev–Trinajstić information content (AvgIpc) is 3.21. The van der Waals surface area contributed by atoms with Crippen molar-refractivity contribution in [3.05, 3.63) is 60.9 Å². The van der Waals surface area contributed by atoms with E-state index in [2.05, 4.69) is 30.8 Å². The highest BCUT2D eigenvalue weighted by Crippen LogP contribution is 2.32. The molecule has 0 bridgehead atoms. The molecule has 0 amide bonds. The zero-order valence-corrected chi connectivity index (χ0v) is 15.9. The van der Waals surface area contributed by atoms with Gasteiger partial charge in [0, 0.05) is 18.2 Å². The minimum absolute atomic E-state index is 0.353. The number of hydrogen-bond acceptors (Lipinski definition) is 6. The summed E-state index contributed by atoms with van der Waals surface area (Å²) in [6, 6.07) is 18.1. The number of aromatic nitrogens is 4. The van der Waals surface area contributed by atoms with Crippen LogP contribution in [0.4, 0.5) is 5.82 Å². The first-order valence-electron chi connectivity index (χ1n) is 9.86. The zero-order chi connectivity index (χ0) is 19.5. The van der Waals surface area contributed by atoms with E-state index in [1.54, 1.807) is 6.33 Å². The molecule has 7 nitrogen and oxygen atoms in total. The van der Waals surface area contributed by atoms with E-state index in [0.29, 0.717) is 11.7 Å². The molecule has 1 fully saturated rings. The Kier molecular flexibility index (Phi) is 4.80. The number of anilines is 1. The highest BCUT2D eigenvalue weighted by atomic mass is 16.5. The van der Waals surface area contributed by atoms with E-state index >= 15 is 0 Å². The standard InChI is InChI=1S/C22H22N6O/c1-2-6-17(7-3-1)29-18-10-8-15(9-11-18)20-19-21(24-14-25-22(19)28-27-20)26-16-5-4-12-23-13-16/h1-3,6-11,14,16,23H,4-5,12-13H2,(H2,24,25,26,27,28). The topological polar surface area (TPSA) is 87.8 Å². The number of nitrogens with one attached hydrogen (secondary N) is 3. The summed E-state index contributed by atoms with van der Waals surface area (Å²) in [7, 11) is 0. The van der Waals surface area contributed by atoms with Crippen LogP contribution in [0.25, 0.3) is 22.3 Å². The molecule has 4 aromatic rings. The lowest BCUT2D eigenvalue weighted by Gasteiger charge is -2.24. The second kappa shape index (κ2) is 7.89. The van der Waals surface area contributed by atoms with Crippen molar-refractivity contribution in [3.63, 3.8) is 0 Å². The number of H-pyrrole nitrogens is 1. The number of ether oxygens (including phenoxy) is 1. The summed E-state index contributed by atoms with van der Waals surface area (Å²) in [6.45, 7) is 2.01. The monoisotopic (exact) mass is 386 g/mol. The highest BCUT2D eigenvalue weighted by Gasteiger charge is 2.18. The van der Waals surface area contributed by atoms with Gasteiger partial charge in [-0.2, -0.15) is 5.10 Å². The maximum absolute atomic E-state index is 5.89. The maximum Gasteiger partial charge on any atom is 0.186 e. The smallest absolute Gasteiger partial charge is 0.186 e. The Morgan fingerprint density at radius 1 is 0.966 bits per heavy atom. The highest BCUT2D eigenvalue weighted by molar-refractivity contribution is 5.98. The van der Waals surface area contributed by atoms with Gasteiger partial charge in [-0.15, -0.1) is 0 Å². The lowest BCUT2D eigenvalue weighted by molar-refractivity contribution is 0.479. The Balaban J connectivity index is 1.43. The number of para-hydroxylation sites is 1. The van der Waals surface area contributed by atoms with Gasteiger partial charge in [0.15, 0.2) is 5.65 Å². The van der Waals surface area contributed by atoms with E-state index < -0.39 is 0 Å². The molecule has 3 heterocycles. The van der Waals surface area contributed by atoms with E-state index in [1.807, 2.05) is 54.6 Å². The van der Waals surface area contributed by atoms with Gasteiger partial charge in [0.1, 0.15) is 23.6 Å². The van der Waals surface area contributed by atoms with E-state index in [9.17, 15) is 0 Å². The van der Waals surface area contributed by atoms with Gasteiger partial charge in [0.05, 0.1) is 11.1 Å². The predicted molar refractivity (Wildman–Crippen MR) is 113 cm³/mol. The van der Waals surface area contributed by atoms with Crippen LogP contribution in [0.15, 0.2) is 60.9 Å². The van der Waals surface area contributed by atoms with E-state index in [1.165, 1.54) is 0 Å². The van der Waals surface area contributed by atoms with Crippen LogP contribution in [0.5, 0.6) is 11.5 Å². The van der Waals surface area contributed by atoms with Crippen molar-refractivity contribution in [2.24, 2.45) is 0 Å². The Morgan fingerprint density at radius 2 is 1.79 bits per heavy atom. The summed E-state index contributed by atoms with van der Waals surface area (Å²) in [6.07, 6.45) is 3.84. The first-order valence-corrected chi connectivity index (χ1v) is 9.86. The minimum Gasteiger partial charge on any atom is -0.457 e. The third-order valence-corrected chi connectivity index (χ3v) is 5.11. The van der Waals surface area contributed by atoms with Crippen LogP contribution in [0, 0.1) is 0 Å². The Bertz CT molecular complexity index is 1090. The molecule has 2 aromatic heterocycles. The summed E-state index contributed by atoms with van der Waals surface area (Å²) in [5.74, 6) is 2.41. The molecule has 1 atom stereocenters. The molecular formula is C22H22N6O. The van der Waals surface area contributed by atoms with Crippen LogP contribution in [0.2, 0.25) is 0 Å². The van der Waals surface area contributed by atoms with E-state index in [0.717, 1.165) is 59.9 Å². The normalized spacial score (nSPS) is 16.6. The fourth-order valence-corrected chi connectivity index (χ4v) is 3.66. The van der Waals surface area contributed by atoms with Gasteiger partial charge in [-0.05, 0) is 55.8 Å². The minimum atomic E-state index is 0.353. The SMILES string of the molecule is c1ccc(Oc2ccc(-c3[nH]nc4ncnc(NC5CCCNC5)c34)cc2)cc1. The Hall–Kier alpha value is -3.45. The lowest BCUT2D eigenvalue weighted by atomic mass is 10.1. The van der Waals surface area contributed by atoms with Crippen molar-refractivity contribution in [1.29, 1.82) is 0 Å². The quantitative estimate of drug-likeness (QED) is 0.481.